The number of urea groups is 1. The highest BCUT2D eigenvalue weighted by atomic mass is 16.5. The average molecular weight is 288 g/mol. The maximum Gasteiger partial charge on any atom is 0.328 e. The Morgan fingerprint density at radius 3 is 2.52 bits per heavy atom. The highest BCUT2D eigenvalue weighted by Crippen LogP contribution is 2.14. The van der Waals surface area contributed by atoms with Gasteiger partial charge in [-0.1, -0.05) is 0 Å². The minimum absolute atomic E-state index is 0.113. The normalized spacial score (nSPS) is 10.8. The molecule has 0 spiro atoms. The highest BCUT2D eigenvalue weighted by Gasteiger charge is 2.19. The van der Waals surface area contributed by atoms with Gasteiger partial charge in [-0.15, -0.1) is 0 Å². The molecule has 1 rings (SSSR count). The van der Waals surface area contributed by atoms with Crippen LogP contribution < -0.4 is 10.6 Å². The lowest BCUT2D eigenvalue weighted by atomic mass is 10.1. The Balaban J connectivity index is 2.78. The van der Waals surface area contributed by atoms with Gasteiger partial charge >= 0.3 is 12.0 Å². The molecule has 0 radical (unpaired) electrons. The molecule has 0 aliphatic rings. The number of hydrogen-bond donors (Lipinski definition) is 3. The Hall–Kier alpha value is -3.10. The third-order valence-electron chi connectivity index (χ3n) is 2.46. The number of carboxylic acid groups (broad SMARTS) is 1. The molecule has 1 unspecified atom stereocenters. The molecule has 0 aromatic heterocycles. The number of methoxy groups -OCH3 is 1. The van der Waals surface area contributed by atoms with Gasteiger partial charge in [0, 0.05) is 12.8 Å². The van der Waals surface area contributed by atoms with Gasteiger partial charge in [-0.05, 0) is 18.2 Å². The Bertz CT molecular complexity index is 630. The van der Waals surface area contributed by atoms with Gasteiger partial charge in [0.2, 0.25) is 0 Å². The van der Waals surface area contributed by atoms with E-state index in [1.807, 2.05) is 12.1 Å². The van der Waals surface area contributed by atoms with E-state index in [0.29, 0.717) is 0 Å². The number of ether oxygens (including phenoxy) is 1. The Morgan fingerprint density at radius 1 is 1.33 bits per heavy atom. The van der Waals surface area contributed by atoms with Crippen molar-refractivity contribution >= 4 is 17.7 Å². The van der Waals surface area contributed by atoms with Crippen LogP contribution in [0.15, 0.2) is 18.2 Å². The van der Waals surface area contributed by atoms with Gasteiger partial charge in [-0.2, -0.15) is 10.5 Å². The number of carbonyl (C=O) groups is 2. The number of benzene rings is 1. The summed E-state index contributed by atoms with van der Waals surface area (Å²) >= 11 is 0. The predicted octanol–water partition coefficient (Wildman–Crippen LogP) is 0.651. The fourth-order valence-corrected chi connectivity index (χ4v) is 1.48. The molecule has 3 N–H and O–H groups in total. The summed E-state index contributed by atoms with van der Waals surface area (Å²) in [5.74, 6) is -1.23. The first-order valence-electron chi connectivity index (χ1n) is 5.75. The number of aliphatic carboxylic acids is 1. The fourth-order valence-electron chi connectivity index (χ4n) is 1.48. The van der Waals surface area contributed by atoms with Crippen LogP contribution in [0.4, 0.5) is 10.5 Å². The van der Waals surface area contributed by atoms with Crippen LogP contribution in [0.1, 0.15) is 11.1 Å². The van der Waals surface area contributed by atoms with Crippen molar-refractivity contribution in [3.8, 4) is 12.1 Å². The van der Waals surface area contributed by atoms with Crippen LogP contribution in [0.2, 0.25) is 0 Å². The van der Waals surface area contributed by atoms with E-state index in [4.69, 9.17) is 15.6 Å². The average Bonchev–Trinajstić information content (AvgIpc) is 2.46. The Kier molecular flexibility index (Phi) is 5.68. The molecular weight excluding hydrogens is 276 g/mol. The second kappa shape index (κ2) is 7.48. The molecule has 1 aromatic carbocycles. The largest absolute Gasteiger partial charge is 0.480 e. The third kappa shape index (κ3) is 4.49. The molecule has 8 heteroatoms. The molecule has 0 bridgehead atoms. The zero-order chi connectivity index (χ0) is 15.8. The van der Waals surface area contributed by atoms with Crippen LogP contribution in [0.3, 0.4) is 0 Å². The van der Waals surface area contributed by atoms with E-state index in [0.717, 1.165) is 0 Å². The number of carboxylic acids is 1. The van der Waals surface area contributed by atoms with E-state index in [9.17, 15) is 9.59 Å². The van der Waals surface area contributed by atoms with Crippen molar-refractivity contribution in [2.45, 2.75) is 6.04 Å². The quantitative estimate of drug-likeness (QED) is 0.728. The number of nitriles is 2. The van der Waals surface area contributed by atoms with Crippen LogP contribution in [0.5, 0.6) is 0 Å². The van der Waals surface area contributed by atoms with Crippen molar-refractivity contribution in [3.63, 3.8) is 0 Å². The van der Waals surface area contributed by atoms with E-state index < -0.39 is 18.0 Å². The molecule has 1 aromatic rings. The van der Waals surface area contributed by atoms with E-state index in [1.165, 1.54) is 25.3 Å². The fraction of sp³-hybridized carbons (Fsp3) is 0.231. The first kappa shape index (κ1) is 16.0. The van der Waals surface area contributed by atoms with Crippen molar-refractivity contribution in [2.24, 2.45) is 0 Å². The van der Waals surface area contributed by atoms with Gasteiger partial charge in [0.1, 0.15) is 12.1 Å². The molecule has 108 valence electrons. The van der Waals surface area contributed by atoms with Crippen LogP contribution in [0.25, 0.3) is 0 Å². The molecule has 2 amide bonds. The van der Waals surface area contributed by atoms with Crippen molar-refractivity contribution < 1.29 is 19.4 Å². The lowest BCUT2D eigenvalue weighted by molar-refractivity contribution is -0.140. The molecule has 0 aliphatic carbocycles. The summed E-state index contributed by atoms with van der Waals surface area (Å²) in [4.78, 5) is 22.5. The minimum atomic E-state index is -1.23. The predicted molar refractivity (Wildman–Crippen MR) is 71.3 cm³/mol. The number of anilines is 1. The number of carbonyl (C=O) groups excluding carboxylic acids is 1. The molecule has 21 heavy (non-hydrogen) atoms. The molecule has 0 aliphatic heterocycles. The summed E-state index contributed by atoms with van der Waals surface area (Å²) < 4.78 is 4.68. The van der Waals surface area contributed by atoms with Gasteiger partial charge in [-0.3, -0.25) is 0 Å². The molecule has 0 saturated carbocycles. The number of amides is 2. The SMILES string of the molecule is COCC(NC(=O)Nc1ccc(C#N)c(C#N)c1)C(=O)O. The summed E-state index contributed by atoms with van der Waals surface area (Å²) in [6, 6.07) is 5.88. The van der Waals surface area contributed by atoms with Crippen molar-refractivity contribution in [2.75, 3.05) is 19.0 Å². The topological polar surface area (TPSA) is 135 Å². The molecule has 0 heterocycles. The lowest BCUT2D eigenvalue weighted by Gasteiger charge is -2.14. The standard InChI is InChI=1S/C13H12N4O4/c1-21-7-11(12(18)19)17-13(20)16-10-3-2-8(5-14)9(4-10)6-15/h2-4,11H,7H2,1H3,(H,18,19)(H2,16,17,20). The monoisotopic (exact) mass is 288 g/mol. The highest BCUT2D eigenvalue weighted by molar-refractivity contribution is 5.92. The van der Waals surface area contributed by atoms with Crippen molar-refractivity contribution in [1.29, 1.82) is 10.5 Å². The van der Waals surface area contributed by atoms with Gasteiger partial charge < -0.3 is 20.5 Å². The van der Waals surface area contributed by atoms with Gasteiger partial charge in [0.25, 0.3) is 0 Å². The van der Waals surface area contributed by atoms with E-state index in [2.05, 4.69) is 15.4 Å². The van der Waals surface area contributed by atoms with Crippen molar-refractivity contribution in [3.05, 3.63) is 29.3 Å². The maximum absolute atomic E-state index is 11.7. The zero-order valence-electron chi connectivity index (χ0n) is 11.1. The lowest BCUT2D eigenvalue weighted by Crippen LogP contribution is -2.45. The first-order chi connectivity index (χ1) is 10.0. The van der Waals surface area contributed by atoms with Crippen LogP contribution in [0, 0.1) is 22.7 Å². The summed E-state index contributed by atoms with van der Waals surface area (Å²) in [5.41, 5.74) is 0.567. The summed E-state index contributed by atoms with van der Waals surface area (Å²) in [7, 11) is 1.31. The smallest absolute Gasteiger partial charge is 0.328 e. The Morgan fingerprint density at radius 2 is 2.00 bits per heavy atom. The van der Waals surface area contributed by atoms with Gasteiger partial charge in [-0.25, -0.2) is 9.59 Å². The minimum Gasteiger partial charge on any atom is -0.480 e. The van der Waals surface area contributed by atoms with E-state index in [1.54, 1.807) is 0 Å². The third-order valence-corrected chi connectivity index (χ3v) is 2.46. The summed E-state index contributed by atoms with van der Waals surface area (Å²) in [5, 5.41) is 31.1. The van der Waals surface area contributed by atoms with Crippen LogP contribution in [-0.4, -0.2) is 36.9 Å². The summed E-state index contributed by atoms with van der Waals surface area (Å²) in [6.07, 6.45) is 0. The van der Waals surface area contributed by atoms with Gasteiger partial charge in [0.05, 0.1) is 17.7 Å². The van der Waals surface area contributed by atoms with Crippen molar-refractivity contribution in [1.82, 2.24) is 5.32 Å². The van der Waals surface area contributed by atoms with Crippen LogP contribution in [-0.2, 0) is 9.53 Å². The molecule has 0 fully saturated rings. The molecular formula is C13H12N4O4. The summed E-state index contributed by atoms with van der Waals surface area (Å²) in [6.45, 7) is -0.181. The number of rotatable bonds is 5. The second-order valence-electron chi connectivity index (χ2n) is 3.93. The maximum atomic E-state index is 11.7. The number of nitrogens with zero attached hydrogens (tertiary/aromatic N) is 2. The van der Waals surface area contributed by atoms with E-state index in [-0.39, 0.29) is 23.4 Å². The van der Waals surface area contributed by atoms with Crippen LogP contribution >= 0.6 is 0 Å². The second-order valence-corrected chi connectivity index (χ2v) is 3.93. The van der Waals surface area contributed by atoms with E-state index >= 15 is 0 Å². The number of nitrogens with one attached hydrogen (secondary N) is 2. The van der Waals surface area contributed by atoms with Gasteiger partial charge in [0.15, 0.2) is 6.04 Å². The number of hydrogen-bond acceptors (Lipinski definition) is 5. The first-order valence-corrected chi connectivity index (χ1v) is 5.75. The Labute approximate surface area is 120 Å². The molecule has 0 saturated heterocycles. The zero-order valence-corrected chi connectivity index (χ0v) is 11.1. The molecule has 8 nitrogen and oxygen atoms in total. The molecule has 1 atom stereocenters.